The Bertz CT molecular complexity index is 431. The molecule has 3 nitrogen and oxygen atoms in total. The number of ketones is 1. The highest BCUT2D eigenvalue weighted by Crippen LogP contribution is 2.14. The summed E-state index contributed by atoms with van der Waals surface area (Å²) in [6.07, 6.45) is 6.02. The fraction of sp³-hybridized carbons (Fsp3) is 0.438. The number of rotatable bonds is 6. The lowest BCUT2D eigenvalue weighted by molar-refractivity contribution is -0.112. The summed E-state index contributed by atoms with van der Waals surface area (Å²) in [6.45, 7) is 5.71. The SMILES string of the molecule is CC(=O)/C=C/c1ccc(OCCN2CCCC2)cc1. The van der Waals surface area contributed by atoms with Gasteiger partial charge in [-0.15, -0.1) is 0 Å². The average Bonchev–Trinajstić information content (AvgIpc) is 2.91. The van der Waals surface area contributed by atoms with Crippen LogP contribution in [0.2, 0.25) is 0 Å². The summed E-state index contributed by atoms with van der Waals surface area (Å²) in [4.78, 5) is 13.3. The average molecular weight is 259 g/mol. The third kappa shape index (κ3) is 4.87. The standard InChI is InChI=1S/C16H21NO2/c1-14(18)4-5-15-6-8-16(9-7-15)19-13-12-17-10-2-3-11-17/h4-9H,2-3,10-13H2,1H3/b5-4+. The van der Waals surface area contributed by atoms with E-state index >= 15 is 0 Å². The predicted octanol–water partition coefficient (Wildman–Crippen LogP) is 2.76. The molecule has 1 aromatic carbocycles. The Balaban J connectivity index is 1.76. The van der Waals surface area contributed by atoms with Gasteiger partial charge in [-0.1, -0.05) is 18.2 Å². The van der Waals surface area contributed by atoms with E-state index in [4.69, 9.17) is 4.74 Å². The molecule has 1 aliphatic heterocycles. The molecular weight excluding hydrogens is 238 g/mol. The van der Waals surface area contributed by atoms with Gasteiger partial charge in [0.2, 0.25) is 0 Å². The third-order valence-corrected chi connectivity index (χ3v) is 3.27. The summed E-state index contributed by atoms with van der Waals surface area (Å²) in [7, 11) is 0. The van der Waals surface area contributed by atoms with Gasteiger partial charge in [0.1, 0.15) is 12.4 Å². The van der Waals surface area contributed by atoms with Gasteiger partial charge in [-0.2, -0.15) is 0 Å². The highest BCUT2D eigenvalue weighted by Gasteiger charge is 2.10. The van der Waals surface area contributed by atoms with Crippen molar-refractivity contribution in [2.24, 2.45) is 0 Å². The first-order chi connectivity index (χ1) is 9.24. The van der Waals surface area contributed by atoms with Gasteiger partial charge in [0, 0.05) is 6.54 Å². The number of hydrogen-bond acceptors (Lipinski definition) is 3. The Hall–Kier alpha value is -1.61. The van der Waals surface area contributed by atoms with Crippen LogP contribution in [0.1, 0.15) is 25.3 Å². The van der Waals surface area contributed by atoms with Gasteiger partial charge in [0.25, 0.3) is 0 Å². The minimum Gasteiger partial charge on any atom is -0.492 e. The van der Waals surface area contributed by atoms with Gasteiger partial charge in [0.05, 0.1) is 0 Å². The zero-order chi connectivity index (χ0) is 13.5. The molecule has 2 rings (SSSR count). The van der Waals surface area contributed by atoms with Crippen LogP contribution >= 0.6 is 0 Å². The molecule has 102 valence electrons. The van der Waals surface area contributed by atoms with Crippen molar-refractivity contribution in [3.8, 4) is 5.75 Å². The molecule has 0 aromatic heterocycles. The van der Waals surface area contributed by atoms with Gasteiger partial charge < -0.3 is 4.74 Å². The smallest absolute Gasteiger partial charge is 0.152 e. The fourth-order valence-corrected chi connectivity index (χ4v) is 2.19. The quantitative estimate of drug-likeness (QED) is 0.736. The molecule has 1 saturated heterocycles. The van der Waals surface area contributed by atoms with E-state index in [2.05, 4.69) is 4.90 Å². The molecule has 1 aromatic rings. The monoisotopic (exact) mass is 259 g/mol. The molecule has 0 aliphatic carbocycles. The number of hydrogen-bond donors (Lipinski definition) is 0. The van der Waals surface area contributed by atoms with E-state index in [1.54, 1.807) is 13.0 Å². The number of nitrogens with zero attached hydrogens (tertiary/aromatic N) is 1. The van der Waals surface area contributed by atoms with Gasteiger partial charge >= 0.3 is 0 Å². The Kier molecular flexibility index (Phi) is 5.16. The summed E-state index contributed by atoms with van der Waals surface area (Å²) in [5, 5.41) is 0. The Labute approximate surface area is 114 Å². The Morgan fingerprint density at radius 1 is 1.26 bits per heavy atom. The maximum absolute atomic E-state index is 10.8. The molecule has 1 heterocycles. The molecule has 1 fully saturated rings. The Morgan fingerprint density at radius 2 is 1.95 bits per heavy atom. The summed E-state index contributed by atoms with van der Waals surface area (Å²) in [5.41, 5.74) is 1.02. The van der Waals surface area contributed by atoms with E-state index in [1.807, 2.05) is 30.3 Å². The number of carbonyl (C=O) groups excluding carboxylic acids is 1. The highest BCUT2D eigenvalue weighted by atomic mass is 16.5. The van der Waals surface area contributed by atoms with Crippen LogP contribution in [-0.2, 0) is 4.79 Å². The van der Waals surface area contributed by atoms with Crippen LogP contribution in [-0.4, -0.2) is 36.9 Å². The van der Waals surface area contributed by atoms with Gasteiger partial charge in [0.15, 0.2) is 5.78 Å². The van der Waals surface area contributed by atoms with Crippen LogP contribution in [0.5, 0.6) is 5.75 Å². The lowest BCUT2D eigenvalue weighted by atomic mass is 10.2. The highest BCUT2D eigenvalue weighted by molar-refractivity contribution is 5.91. The number of allylic oxidation sites excluding steroid dienone is 1. The summed E-state index contributed by atoms with van der Waals surface area (Å²) < 4.78 is 5.72. The van der Waals surface area contributed by atoms with Crippen LogP contribution in [0, 0.1) is 0 Å². The van der Waals surface area contributed by atoms with Gasteiger partial charge in [-0.05, 0) is 56.6 Å². The maximum atomic E-state index is 10.8. The number of likely N-dealkylation sites (tertiary alicyclic amines) is 1. The molecule has 1 aliphatic rings. The first kappa shape index (κ1) is 13.8. The number of benzene rings is 1. The van der Waals surface area contributed by atoms with E-state index in [0.717, 1.165) is 24.5 Å². The minimum absolute atomic E-state index is 0.0611. The van der Waals surface area contributed by atoms with Gasteiger partial charge in [-0.25, -0.2) is 0 Å². The largest absolute Gasteiger partial charge is 0.492 e. The second kappa shape index (κ2) is 7.10. The van der Waals surface area contributed by atoms with Gasteiger partial charge in [-0.3, -0.25) is 9.69 Å². The zero-order valence-corrected chi connectivity index (χ0v) is 11.5. The molecule has 19 heavy (non-hydrogen) atoms. The van der Waals surface area contributed by atoms with Crippen LogP contribution in [0.3, 0.4) is 0 Å². The number of ether oxygens (including phenoxy) is 1. The van der Waals surface area contributed by atoms with Crippen molar-refractivity contribution in [2.75, 3.05) is 26.2 Å². The van der Waals surface area contributed by atoms with Crippen molar-refractivity contribution in [2.45, 2.75) is 19.8 Å². The second-order valence-corrected chi connectivity index (χ2v) is 4.91. The molecule has 0 bridgehead atoms. The molecule has 0 N–H and O–H groups in total. The summed E-state index contributed by atoms with van der Waals surface area (Å²) in [5.74, 6) is 0.949. The maximum Gasteiger partial charge on any atom is 0.152 e. The normalized spacial score (nSPS) is 16.1. The Morgan fingerprint density at radius 3 is 2.58 bits per heavy atom. The van der Waals surface area contributed by atoms with E-state index in [9.17, 15) is 4.79 Å². The van der Waals surface area contributed by atoms with E-state index in [1.165, 1.54) is 25.9 Å². The molecule has 0 amide bonds. The first-order valence-electron chi connectivity index (χ1n) is 6.88. The molecular formula is C16H21NO2. The van der Waals surface area contributed by atoms with E-state index in [-0.39, 0.29) is 5.78 Å². The molecule has 3 heteroatoms. The van der Waals surface area contributed by atoms with Crippen molar-refractivity contribution in [1.82, 2.24) is 4.90 Å². The summed E-state index contributed by atoms with van der Waals surface area (Å²) in [6, 6.07) is 7.82. The number of carbonyl (C=O) groups is 1. The summed E-state index contributed by atoms with van der Waals surface area (Å²) >= 11 is 0. The predicted molar refractivity (Wildman–Crippen MR) is 77.3 cm³/mol. The van der Waals surface area contributed by atoms with Crippen LogP contribution < -0.4 is 4.74 Å². The molecule has 0 radical (unpaired) electrons. The van der Waals surface area contributed by atoms with Crippen LogP contribution in [0.25, 0.3) is 6.08 Å². The lowest BCUT2D eigenvalue weighted by Gasteiger charge is -2.14. The van der Waals surface area contributed by atoms with Crippen molar-refractivity contribution in [1.29, 1.82) is 0 Å². The van der Waals surface area contributed by atoms with Crippen LogP contribution in [0.4, 0.5) is 0 Å². The first-order valence-corrected chi connectivity index (χ1v) is 6.88. The fourth-order valence-electron chi connectivity index (χ4n) is 2.19. The van der Waals surface area contributed by atoms with E-state index < -0.39 is 0 Å². The van der Waals surface area contributed by atoms with Crippen molar-refractivity contribution >= 4 is 11.9 Å². The topological polar surface area (TPSA) is 29.5 Å². The third-order valence-electron chi connectivity index (χ3n) is 3.27. The zero-order valence-electron chi connectivity index (χ0n) is 11.5. The second-order valence-electron chi connectivity index (χ2n) is 4.91. The lowest BCUT2D eigenvalue weighted by Crippen LogP contribution is -2.25. The molecule has 0 unspecified atom stereocenters. The van der Waals surface area contributed by atoms with Crippen molar-refractivity contribution in [3.05, 3.63) is 35.9 Å². The van der Waals surface area contributed by atoms with E-state index in [0.29, 0.717) is 0 Å². The minimum atomic E-state index is 0.0611. The molecule has 0 saturated carbocycles. The molecule has 0 spiro atoms. The van der Waals surface area contributed by atoms with Crippen LogP contribution in [0.15, 0.2) is 30.3 Å². The van der Waals surface area contributed by atoms with Crippen molar-refractivity contribution < 1.29 is 9.53 Å². The molecule has 0 atom stereocenters. The van der Waals surface area contributed by atoms with Crippen molar-refractivity contribution in [3.63, 3.8) is 0 Å².